The highest BCUT2D eigenvalue weighted by Crippen LogP contribution is 2.40. The van der Waals surface area contributed by atoms with Crippen LogP contribution in [0, 0.1) is 0 Å². The number of benzene rings is 3. The first-order chi connectivity index (χ1) is 19.4. The number of carbonyl (C=O) groups is 2. The molecule has 6 rings (SSSR count). The fraction of sp³-hybridized carbons (Fsp3) is 0.394. The van der Waals surface area contributed by atoms with Crippen LogP contribution in [0.5, 0.6) is 0 Å². The maximum atomic E-state index is 12.5. The number of imide groups is 1. The van der Waals surface area contributed by atoms with Crippen molar-refractivity contribution in [1.29, 1.82) is 0 Å². The lowest BCUT2D eigenvalue weighted by molar-refractivity contribution is -0.137. The number of hydrogen-bond acceptors (Lipinski definition) is 6. The summed E-state index contributed by atoms with van der Waals surface area (Å²) in [6, 6.07) is 29.1. The lowest BCUT2D eigenvalue weighted by Gasteiger charge is -2.47. The van der Waals surface area contributed by atoms with E-state index in [0.717, 1.165) is 25.2 Å². The molecule has 0 bridgehead atoms. The summed E-state index contributed by atoms with van der Waals surface area (Å²) in [7, 11) is 0. The lowest BCUT2D eigenvalue weighted by Crippen LogP contribution is -2.56. The molecule has 3 heterocycles. The molecule has 208 valence electrons. The third kappa shape index (κ3) is 5.36. The van der Waals surface area contributed by atoms with E-state index in [1.54, 1.807) is 0 Å². The Bertz CT molecular complexity index is 1320. The Labute approximate surface area is 242 Å². The van der Waals surface area contributed by atoms with Crippen molar-refractivity contribution in [3.63, 3.8) is 0 Å². The fourth-order valence-corrected chi connectivity index (χ4v) is 7.40. The standard InChI is InChI=1S/C33H38N4O2S/c1-22-18-35(31(25-9-5-3-6-10-25)26-11-7-4-8-12-26)19-23(2)36(22)20-24-13-14-28-27(17-24)21-37(33(28)40)29-15-16-30(38)34-32(29)39/h3-14,17,22-23,29,31,33,40H,15-16,18-21H2,1-2H3,(H,34,38,39). The Morgan fingerprint density at radius 3 is 2.12 bits per heavy atom. The van der Waals surface area contributed by atoms with Crippen molar-refractivity contribution in [2.24, 2.45) is 0 Å². The van der Waals surface area contributed by atoms with Gasteiger partial charge in [0.2, 0.25) is 11.8 Å². The molecule has 3 aromatic carbocycles. The normalized spacial score (nSPS) is 26.2. The Morgan fingerprint density at radius 1 is 0.900 bits per heavy atom. The molecular formula is C33H38N4O2S. The van der Waals surface area contributed by atoms with Gasteiger partial charge in [0.1, 0.15) is 0 Å². The minimum Gasteiger partial charge on any atom is -0.295 e. The minimum atomic E-state index is -0.314. The quantitative estimate of drug-likeness (QED) is 0.335. The largest absolute Gasteiger partial charge is 0.295 e. The number of carbonyl (C=O) groups excluding carboxylic acids is 2. The predicted molar refractivity (Wildman–Crippen MR) is 161 cm³/mol. The van der Waals surface area contributed by atoms with Crippen molar-refractivity contribution in [2.75, 3.05) is 13.1 Å². The maximum absolute atomic E-state index is 12.5. The van der Waals surface area contributed by atoms with Gasteiger partial charge >= 0.3 is 0 Å². The fourth-order valence-electron chi connectivity index (χ4n) is 6.90. The molecule has 4 atom stereocenters. The zero-order valence-corrected chi connectivity index (χ0v) is 24.1. The zero-order chi connectivity index (χ0) is 27.8. The number of fused-ring (bicyclic) bond motifs is 1. The summed E-state index contributed by atoms with van der Waals surface area (Å²) in [6.45, 7) is 8.24. The number of rotatable bonds is 6. The van der Waals surface area contributed by atoms with E-state index in [0.29, 0.717) is 31.5 Å². The summed E-state index contributed by atoms with van der Waals surface area (Å²) in [5.41, 5.74) is 6.36. The number of nitrogens with one attached hydrogen (secondary N) is 1. The molecule has 2 fully saturated rings. The summed E-state index contributed by atoms with van der Waals surface area (Å²) < 4.78 is 0. The molecule has 2 saturated heterocycles. The molecule has 0 aliphatic carbocycles. The monoisotopic (exact) mass is 554 g/mol. The Hall–Kier alpha value is -2.97. The smallest absolute Gasteiger partial charge is 0.243 e. The van der Waals surface area contributed by atoms with Gasteiger partial charge in [-0.25, -0.2) is 0 Å². The first-order valence-electron chi connectivity index (χ1n) is 14.4. The van der Waals surface area contributed by atoms with Crippen LogP contribution < -0.4 is 5.32 Å². The van der Waals surface area contributed by atoms with Gasteiger partial charge in [-0.05, 0) is 48.1 Å². The van der Waals surface area contributed by atoms with Crippen molar-refractivity contribution in [2.45, 2.75) is 69.3 Å². The minimum absolute atomic E-state index is 0.137. The van der Waals surface area contributed by atoms with Crippen molar-refractivity contribution in [3.8, 4) is 0 Å². The Kier molecular flexibility index (Phi) is 7.82. The van der Waals surface area contributed by atoms with Gasteiger partial charge in [0.15, 0.2) is 0 Å². The van der Waals surface area contributed by atoms with Crippen LogP contribution in [0.25, 0.3) is 0 Å². The number of hydrogen-bond donors (Lipinski definition) is 2. The average molecular weight is 555 g/mol. The molecule has 3 aliphatic heterocycles. The molecule has 0 aromatic heterocycles. The maximum Gasteiger partial charge on any atom is 0.243 e. The molecule has 0 saturated carbocycles. The van der Waals surface area contributed by atoms with E-state index in [4.69, 9.17) is 12.6 Å². The van der Waals surface area contributed by atoms with Crippen LogP contribution >= 0.6 is 12.6 Å². The van der Waals surface area contributed by atoms with Crippen LogP contribution in [-0.2, 0) is 22.7 Å². The molecule has 3 aliphatic rings. The molecule has 7 heteroatoms. The van der Waals surface area contributed by atoms with E-state index < -0.39 is 0 Å². The summed E-state index contributed by atoms with van der Waals surface area (Å²) in [6.07, 6.45) is 0.932. The van der Waals surface area contributed by atoms with Gasteiger partial charge in [0, 0.05) is 44.7 Å². The van der Waals surface area contributed by atoms with Crippen LogP contribution in [-0.4, -0.2) is 57.7 Å². The van der Waals surface area contributed by atoms with Gasteiger partial charge in [-0.2, -0.15) is 12.6 Å². The third-order valence-electron chi connectivity index (χ3n) is 8.85. The summed E-state index contributed by atoms with van der Waals surface area (Å²) in [5, 5.41) is 2.36. The highest BCUT2D eigenvalue weighted by molar-refractivity contribution is 7.80. The Balaban J connectivity index is 1.17. The molecule has 6 nitrogen and oxygen atoms in total. The number of piperazine rings is 1. The molecule has 0 spiro atoms. The Morgan fingerprint density at radius 2 is 1.52 bits per heavy atom. The summed E-state index contributed by atoms with van der Waals surface area (Å²) >= 11 is 4.87. The summed E-state index contributed by atoms with van der Waals surface area (Å²) in [4.78, 5) is 31.6. The van der Waals surface area contributed by atoms with Gasteiger partial charge in [0.25, 0.3) is 0 Å². The van der Waals surface area contributed by atoms with Gasteiger partial charge in [-0.15, -0.1) is 0 Å². The van der Waals surface area contributed by atoms with Crippen LogP contribution in [0.4, 0.5) is 0 Å². The SMILES string of the molecule is CC1CN(C(c2ccccc2)c2ccccc2)CC(C)N1Cc1ccc2c(c1)CN(C1CCC(=O)NC1=O)C2S. The van der Waals surface area contributed by atoms with Gasteiger partial charge in [0.05, 0.1) is 17.5 Å². The van der Waals surface area contributed by atoms with E-state index in [-0.39, 0.29) is 29.3 Å². The predicted octanol–water partition coefficient (Wildman–Crippen LogP) is 4.92. The highest BCUT2D eigenvalue weighted by Gasteiger charge is 2.39. The summed E-state index contributed by atoms with van der Waals surface area (Å²) in [5.74, 6) is -0.383. The lowest BCUT2D eigenvalue weighted by atomic mass is 9.94. The molecule has 2 amide bonds. The first kappa shape index (κ1) is 27.2. The van der Waals surface area contributed by atoms with E-state index >= 15 is 0 Å². The average Bonchev–Trinajstić information content (AvgIpc) is 3.27. The zero-order valence-electron chi connectivity index (χ0n) is 23.2. The van der Waals surface area contributed by atoms with E-state index in [1.807, 2.05) is 0 Å². The molecule has 3 aromatic rings. The van der Waals surface area contributed by atoms with Gasteiger partial charge in [-0.1, -0.05) is 78.9 Å². The van der Waals surface area contributed by atoms with E-state index in [1.165, 1.54) is 22.3 Å². The van der Waals surface area contributed by atoms with E-state index in [9.17, 15) is 9.59 Å². The second kappa shape index (κ2) is 11.5. The van der Waals surface area contributed by atoms with Crippen LogP contribution in [0.3, 0.4) is 0 Å². The van der Waals surface area contributed by atoms with Crippen molar-refractivity contribution >= 4 is 24.4 Å². The second-order valence-corrected chi connectivity index (χ2v) is 12.1. The number of nitrogens with zero attached hydrogens (tertiary/aromatic N) is 3. The van der Waals surface area contributed by atoms with Crippen LogP contribution in [0.15, 0.2) is 78.9 Å². The highest BCUT2D eigenvalue weighted by atomic mass is 32.1. The van der Waals surface area contributed by atoms with Crippen LogP contribution in [0.1, 0.15) is 65.9 Å². The van der Waals surface area contributed by atoms with E-state index in [2.05, 4.69) is 113 Å². The van der Waals surface area contributed by atoms with Gasteiger partial charge in [-0.3, -0.25) is 29.6 Å². The molecule has 4 unspecified atom stereocenters. The van der Waals surface area contributed by atoms with Gasteiger partial charge < -0.3 is 0 Å². The van der Waals surface area contributed by atoms with Crippen molar-refractivity contribution in [3.05, 3.63) is 107 Å². The number of amides is 2. The van der Waals surface area contributed by atoms with Crippen LogP contribution in [0.2, 0.25) is 0 Å². The third-order valence-corrected chi connectivity index (χ3v) is 9.43. The second-order valence-electron chi connectivity index (χ2n) is 11.6. The van der Waals surface area contributed by atoms with Crippen molar-refractivity contribution < 1.29 is 9.59 Å². The first-order valence-corrected chi connectivity index (χ1v) is 14.9. The molecule has 1 N–H and O–H groups in total. The van der Waals surface area contributed by atoms with Crippen molar-refractivity contribution in [1.82, 2.24) is 20.0 Å². The topological polar surface area (TPSA) is 55.9 Å². The molecule has 0 radical (unpaired) electrons. The number of thiol groups is 1. The molecule has 40 heavy (non-hydrogen) atoms. The number of piperidine rings is 1. The molecular weight excluding hydrogens is 516 g/mol.